The van der Waals surface area contributed by atoms with Crippen molar-refractivity contribution in [3.63, 3.8) is 0 Å². The van der Waals surface area contributed by atoms with Crippen molar-refractivity contribution in [2.45, 2.75) is 26.4 Å². The van der Waals surface area contributed by atoms with E-state index < -0.39 is 0 Å². The van der Waals surface area contributed by atoms with E-state index in [1.807, 2.05) is 73.1 Å². The minimum absolute atomic E-state index is 0.0346. The van der Waals surface area contributed by atoms with Crippen LogP contribution in [0.4, 0.5) is 0 Å². The molecule has 0 saturated heterocycles. The molecule has 1 atom stereocenters. The average molecular weight is 352 g/mol. The third-order valence-corrected chi connectivity index (χ3v) is 4.34. The van der Waals surface area contributed by atoms with Gasteiger partial charge in [-0.2, -0.15) is 0 Å². The molecule has 1 amide bonds. The van der Waals surface area contributed by atoms with Gasteiger partial charge < -0.3 is 19.4 Å². The Hall–Kier alpha value is -2.95. The Morgan fingerprint density at radius 2 is 2.00 bits per heavy atom. The molecule has 0 fully saturated rings. The quantitative estimate of drug-likeness (QED) is 0.701. The first-order valence-electron chi connectivity index (χ1n) is 8.75. The average Bonchev–Trinajstić information content (AvgIpc) is 3.04. The summed E-state index contributed by atoms with van der Waals surface area (Å²) in [6, 6.07) is 15.5. The molecule has 0 aliphatic rings. The molecule has 5 nitrogen and oxygen atoms in total. The lowest BCUT2D eigenvalue weighted by Gasteiger charge is -2.16. The number of carbonyl (C=O) groups excluding carboxylic acids is 1. The van der Waals surface area contributed by atoms with E-state index in [1.54, 1.807) is 7.11 Å². The zero-order valence-corrected chi connectivity index (χ0v) is 15.4. The maximum atomic E-state index is 12.5. The van der Waals surface area contributed by atoms with Crippen LogP contribution in [0.1, 0.15) is 25.5 Å². The molecule has 1 N–H and O–H groups in total. The van der Waals surface area contributed by atoms with E-state index >= 15 is 0 Å². The maximum absolute atomic E-state index is 12.5. The van der Waals surface area contributed by atoms with Crippen molar-refractivity contribution in [2.75, 3.05) is 13.7 Å². The Bertz CT molecular complexity index is 901. The molecule has 3 rings (SSSR count). The largest absolute Gasteiger partial charge is 0.497 e. The van der Waals surface area contributed by atoms with Crippen LogP contribution in [0.2, 0.25) is 0 Å². The fourth-order valence-electron chi connectivity index (χ4n) is 3.01. The number of hydrogen-bond donors (Lipinski definition) is 1. The summed E-state index contributed by atoms with van der Waals surface area (Å²) in [7, 11) is 1.65. The maximum Gasteiger partial charge on any atom is 0.240 e. The normalized spacial score (nSPS) is 12.0. The van der Waals surface area contributed by atoms with Gasteiger partial charge in [0.1, 0.15) is 18.0 Å². The molecular formula is C21H24N2O3. The van der Waals surface area contributed by atoms with E-state index in [4.69, 9.17) is 9.47 Å². The second kappa shape index (κ2) is 7.95. The van der Waals surface area contributed by atoms with Crippen molar-refractivity contribution >= 4 is 16.8 Å². The highest BCUT2D eigenvalue weighted by molar-refractivity contribution is 5.84. The number of benzene rings is 2. The first kappa shape index (κ1) is 17.9. The second-order valence-electron chi connectivity index (χ2n) is 6.16. The van der Waals surface area contributed by atoms with Gasteiger partial charge in [-0.3, -0.25) is 4.79 Å². The van der Waals surface area contributed by atoms with Gasteiger partial charge in [-0.25, -0.2) is 0 Å². The Morgan fingerprint density at radius 3 is 2.77 bits per heavy atom. The molecule has 0 bridgehead atoms. The molecule has 136 valence electrons. The number of nitrogens with zero attached hydrogens (tertiary/aromatic N) is 1. The summed E-state index contributed by atoms with van der Waals surface area (Å²) in [5, 5.41) is 4.10. The van der Waals surface area contributed by atoms with Crippen LogP contribution in [-0.4, -0.2) is 24.2 Å². The van der Waals surface area contributed by atoms with Crippen molar-refractivity contribution in [2.24, 2.45) is 0 Å². The molecule has 1 aromatic heterocycles. The number of carbonyl (C=O) groups is 1. The predicted molar refractivity (Wildman–Crippen MR) is 103 cm³/mol. The summed E-state index contributed by atoms with van der Waals surface area (Å²) in [6.07, 6.45) is 1.92. The zero-order chi connectivity index (χ0) is 18.5. The highest BCUT2D eigenvalue weighted by atomic mass is 16.5. The Balaban J connectivity index is 1.68. The highest BCUT2D eigenvalue weighted by Crippen LogP contribution is 2.22. The number of nitrogens with one attached hydrogen (secondary N) is 1. The van der Waals surface area contributed by atoms with Gasteiger partial charge in [0.25, 0.3) is 0 Å². The van der Waals surface area contributed by atoms with Crippen LogP contribution < -0.4 is 14.8 Å². The van der Waals surface area contributed by atoms with E-state index in [0.717, 1.165) is 28.0 Å². The molecule has 0 aliphatic heterocycles. The number of hydrogen-bond acceptors (Lipinski definition) is 3. The zero-order valence-electron chi connectivity index (χ0n) is 15.4. The summed E-state index contributed by atoms with van der Waals surface area (Å²) in [5.41, 5.74) is 2.03. The lowest BCUT2D eigenvalue weighted by atomic mass is 10.1. The van der Waals surface area contributed by atoms with Crippen LogP contribution >= 0.6 is 0 Å². The third-order valence-electron chi connectivity index (χ3n) is 4.34. The molecule has 0 radical (unpaired) electrons. The van der Waals surface area contributed by atoms with Gasteiger partial charge in [-0.15, -0.1) is 0 Å². The summed E-state index contributed by atoms with van der Waals surface area (Å²) < 4.78 is 12.7. The molecule has 2 aromatic carbocycles. The second-order valence-corrected chi connectivity index (χ2v) is 6.16. The number of aromatic nitrogens is 1. The summed E-state index contributed by atoms with van der Waals surface area (Å²) >= 11 is 0. The molecule has 3 aromatic rings. The number of ether oxygens (including phenoxy) is 2. The molecular weight excluding hydrogens is 328 g/mol. The number of rotatable bonds is 7. The highest BCUT2D eigenvalue weighted by Gasteiger charge is 2.12. The van der Waals surface area contributed by atoms with Gasteiger partial charge in [0.15, 0.2) is 0 Å². The van der Waals surface area contributed by atoms with Gasteiger partial charge in [0, 0.05) is 17.1 Å². The molecule has 26 heavy (non-hydrogen) atoms. The van der Waals surface area contributed by atoms with E-state index in [9.17, 15) is 4.79 Å². The minimum atomic E-state index is -0.0928. The van der Waals surface area contributed by atoms with Crippen LogP contribution in [0.3, 0.4) is 0 Å². The van der Waals surface area contributed by atoms with Gasteiger partial charge in [-0.05, 0) is 55.8 Å². The van der Waals surface area contributed by atoms with Crippen molar-refractivity contribution in [3.8, 4) is 11.5 Å². The summed E-state index contributed by atoms with van der Waals surface area (Å²) in [4.78, 5) is 12.5. The van der Waals surface area contributed by atoms with Gasteiger partial charge in [-0.1, -0.05) is 12.1 Å². The first-order valence-corrected chi connectivity index (χ1v) is 8.75. The smallest absolute Gasteiger partial charge is 0.240 e. The first-order chi connectivity index (χ1) is 12.6. The van der Waals surface area contributed by atoms with Crippen molar-refractivity contribution < 1.29 is 14.3 Å². The van der Waals surface area contributed by atoms with E-state index in [1.165, 1.54) is 0 Å². The predicted octanol–water partition coefficient (Wildman–Crippen LogP) is 3.93. The van der Waals surface area contributed by atoms with Crippen LogP contribution in [0.15, 0.2) is 54.7 Å². The lowest BCUT2D eigenvalue weighted by molar-refractivity contribution is -0.122. The Morgan fingerprint density at radius 1 is 1.15 bits per heavy atom. The van der Waals surface area contributed by atoms with Gasteiger partial charge >= 0.3 is 0 Å². The molecule has 1 unspecified atom stereocenters. The van der Waals surface area contributed by atoms with Crippen LogP contribution in [-0.2, 0) is 11.3 Å². The molecule has 5 heteroatoms. The van der Waals surface area contributed by atoms with Crippen molar-refractivity contribution in [3.05, 3.63) is 60.3 Å². The lowest BCUT2D eigenvalue weighted by Crippen LogP contribution is -2.29. The molecule has 1 heterocycles. The van der Waals surface area contributed by atoms with Crippen LogP contribution in [0, 0.1) is 0 Å². The monoisotopic (exact) mass is 352 g/mol. The van der Waals surface area contributed by atoms with E-state index in [2.05, 4.69) is 5.32 Å². The third kappa shape index (κ3) is 3.99. The fourth-order valence-corrected chi connectivity index (χ4v) is 3.01. The number of amides is 1. The van der Waals surface area contributed by atoms with E-state index in [-0.39, 0.29) is 18.5 Å². The minimum Gasteiger partial charge on any atom is -0.497 e. The number of fused-ring (bicyclic) bond motifs is 1. The van der Waals surface area contributed by atoms with E-state index in [0.29, 0.717) is 6.61 Å². The Labute approximate surface area is 153 Å². The van der Waals surface area contributed by atoms with Crippen molar-refractivity contribution in [1.29, 1.82) is 0 Å². The van der Waals surface area contributed by atoms with Gasteiger partial charge in [0.05, 0.1) is 19.8 Å². The number of methoxy groups -OCH3 is 1. The van der Waals surface area contributed by atoms with Crippen molar-refractivity contribution in [1.82, 2.24) is 9.88 Å². The fraction of sp³-hybridized carbons (Fsp3) is 0.286. The summed E-state index contributed by atoms with van der Waals surface area (Å²) in [5.74, 6) is 1.59. The SMILES string of the molecule is CCOc1cccc(C(C)NC(=O)Cn2ccc3cc(OC)ccc32)c1. The summed E-state index contributed by atoms with van der Waals surface area (Å²) in [6.45, 7) is 4.82. The van der Waals surface area contributed by atoms with Crippen LogP contribution in [0.25, 0.3) is 10.9 Å². The topological polar surface area (TPSA) is 52.5 Å². The van der Waals surface area contributed by atoms with Crippen LogP contribution in [0.5, 0.6) is 11.5 Å². The standard InChI is InChI=1S/C21H24N2O3/c1-4-26-19-7-5-6-16(12-19)15(2)22-21(24)14-23-11-10-17-13-18(25-3)8-9-20(17)23/h5-13,15H,4,14H2,1-3H3,(H,22,24). The molecule has 0 aliphatic carbocycles. The van der Waals surface area contributed by atoms with Gasteiger partial charge in [0.2, 0.25) is 5.91 Å². The molecule has 0 spiro atoms. The molecule has 0 saturated carbocycles. The Kier molecular flexibility index (Phi) is 5.46.